The van der Waals surface area contributed by atoms with Crippen LogP contribution in [0, 0.1) is 0 Å². The van der Waals surface area contributed by atoms with Crippen molar-refractivity contribution in [2.75, 3.05) is 7.11 Å². The molecule has 0 bridgehead atoms. The maximum absolute atomic E-state index is 12.8. The molecule has 0 saturated heterocycles. The number of nitrogens with zero attached hydrogens (tertiary/aromatic N) is 1. The van der Waals surface area contributed by atoms with Crippen molar-refractivity contribution in [1.82, 2.24) is 4.90 Å². The Morgan fingerprint density at radius 1 is 1.17 bits per heavy atom. The molecule has 0 atom stereocenters. The number of carbonyl (C=O) groups excluding carboxylic acids is 1. The normalized spacial score (nSPS) is 10.5. The fourth-order valence-electron chi connectivity index (χ4n) is 2.40. The summed E-state index contributed by atoms with van der Waals surface area (Å²) < 4.78 is 10.4. The Kier molecular flexibility index (Phi) is 4.78. The number of methoxy groups -OCH3 is 1. The Morgan fingerprint density at radius 3 is 2.74 bits per heavy atom. The predicted octanol–water partition coefficient (Wildman–Crippen LogP) is 4.19. The second-order valence-corrected chi connectivity index (χ2v) is 6.10. The van der Waals surface area contributed by atoms with E-state index < -0.39 is 0 Å². The molecular weight excluding hydrogens is 310 g/mol. The first-order chi connectivity index (χ1) is 11.3. The summed E-state index contributed by atoms with van der Waals surface area (Å²) in [5, 5.41) is 2.01. The molecule has 5 heteroatoms. The number of furan rings is 1. The third-order valence-electron chi connectivity index (χ3n) is 3.54. The van der Waals surface area contributed by atoms with Crippen molar-refractivity contribution >= 4 is 17.2 Å². The average Bonchev–Trinajstić information content (AvgIpc) is 3.27. The smallest absolute Gasteiger partial charge is 0.257 e. The molecular formula is C18H17NO3S. The third kappa shape index (κ3) is 3.63. The van der Waals surface area contributed by atoms with E-state index in [1.807, 2.05) is 41.8 Å². The molecule has 3 rings (SSSR count). The SMILES string of the molecule is COc1ccccc1CN(Cc1cccs1)C(=O)c1ccoc1. The Balaban J connectivity index is 1.87. The van der Waals surface area contributed by atoms with Crippen LogP contribution in [0.15, 0.2) is 64.8 Å². The minimum Gasteiger partial charge on any atom is -0.496 e. The van der Waals surface area contributed by atoms with Gasteiger partial charge in [-0.1, -0.05) is 24.3 Å². The first-order valence-corrected chi connectivity index (χ1v) is 8.11. The minimum atomic E-state index is -0.0574. The van der Waals surface area contributed by atoms with E-state index in [4.69, 9.17) is 9.15 Å². The van der Waals surface area contributed by atoms with Gasteiger partial charge in [0, 0.05) is 10.4 Å². The molecule has 2 aromatic heterocycles. The Hall–Kier alpha value is -2.53. The van der Waals surface area contributed by atoms with Crippen molar-refractivity contribution < 1.29 is 13.9 Å². The van der Waals surface area contributed by atoms with E-state index in [-0.39, 0.29) is 5.91 Å². The van der Waals surface area contributed by atoms with Gasteiger partial charge >= 0.3 is 0 Å². The van der Waals surface area contributed by atoms with Crippen molar-refractivity contribution in [2.24, 2.45) is 0 Å². The van der Waals surface area contributed by atoms with Crippen molar-refractivity contribution in [3.8, 4) is 5.75 Å². The van der Waals surface area contributed by atoms with Crippen LogP contribution in [0.2, 0.25) is 0 Å². The van der Waals surface area contributed by atoms with Crippen LogP contribution in [0.4, 0.5) is 0 Å². The lowest BCUT2D eigenvalue weighted by Crippen LogP contribution is -2.29. The van der Waals surface area contributed by atoms with Crippen LogP contribution in [0.5, 0.6) is 5.75 Å². The van der Waals surface area contributed by atoms with Gasteiger partial charge in [-0.2, -0.15) is 0 Å². The van der Waals surface area contributed by atoms with Gasteiger partial charge in [0.25, 0.3) is 5.91 Å². The van der Waals surface area contributed by atoms with E-state index in [2.05, 4.69) is 0 Å². The highest BCUT2D eigenvalue weighted by atomic mass is 32.1. The molecule has 0 radical (unpaired) electrons. The van der Waals surface area contributed by atoms with Crippen LogP contribution in [0.25, 0.3) is 0 Å². The zero-order valence-electron chi connectivity index (χ0n) is 12.8. The summed E-state index contributed by atoms with van der Waals surface area (Å²) in [6.45, 7) is 1.03. The predicted molar refractivity (Wildman–Crippen MR) is 89.6 cm³/mol. The third-order valence-corrected chi connectivity index (χ3v) is 4.40. The molecule has 0 spiro atoms. The summed E-state index contributed by atoms with van der Waals surface area (Å²) in [4.78, 5) is 15.7. The van der Waals surface area contributed by atoms with Crippen molar-refractivity contribution in [3.63, 3.8) is 0 Å². The molecule has 1 aromatic carbocycles. The quantitative estimate of drug-likeness (QED) is 0.682. The van der Waals surface area contributed by atoms with E-state index >= 15 is 0 Å². The van der Waals surface area contributed by atoms with Gasteiger partial charge in [0.05, 0.1) is 32.0 Å². The van der Waals surface area contributed by atoms with Crippen molar-refractivity contribution in [2.45, 2.75) is 13.1 Å². The number of benzene rings is 1. The standard InChI is InChI=1S/C18H17NO3S/c1-21-17-7-3-2-5-14(17)11-19(12-16-6-4-10-23-16)18(20)15-8-9-22-13-15/h2-10,13H,11-12H2,1H3. The number of para-hydroxylation sites is 1. The average molecular weight is 327 g/mol. The van der Waals surface area contributed by atoms with Crippen LogP contribution in [0.3, 0.4) is 0 Å². The number of hydrogen-bond acceptors (Lipinski definition) is 4. The highest BCUT2D eigenvalue weighted by molar-refractivity contribution is 7.09. The highest BCUT2D eigenvalue weighted by Crippen LogP contribution is 2.23. The number of amides is 1. The monoisotopic (exact) mass is 327 g/mol. The summed E-state index contributed by atoms with van der Waals surface area (Å²) in [6.07, 6.45) is 2.99. The van der Waals surface area contributed by atoms with Crippen LogP contribution < -0.4 is 4.74 Å². The first kappa shape index (κ1) is 15.4. The zero-order chi connectivity index (χ0) is 16.1. The second kappa shape index (κ2) is 7.15. The van der Waals surface area contributed by atoms with Crippen LogP contribution >= 0.6 is 11.3 Å². The molecule has 1 amide bonds. The number of rotatable bonds is 6. The largest absolute Gasteiger partial charge is 0.496 e. The summed E-state index contributed by atoms with van der Waals surface area (Å²) in [7, 11) is 1.64. The van der Waals surface area contributed by atoms with Gasteiger partial charge in [0.2, 0.25) is 0 Å². The Morgan fingerprint density at radius 2 is 2.04 bits per heavy atom. The van der Waals surface area contributed by atoms with Crippen molar-refractivity contribution in [1.29, 1.82) is 0 Å². The van der Waals surface area contributed by atoms with Crippen LogP contribution in [-0.4, -0.2) is 17.9 Å². The van der Waals surface area contributed by atoms with E-state index in [1.165, 1.54) is 12.5 Å². The highest BCUT2D eigenvalue weighted by Gasteiger charge is 2.19. The summed E-state index contributed by atoms with van der Waals surface area (Å²) >= 11 is 1.64. The van der Waals surface area contributed by atoms with E-state index in [0.29, 0.717) is 18.7 Å². The molecule has 4 nitrogen and oxygen atoms in total. The first-order valence-electron chi connectivity index (χ1n) is 7.23. The fourth-order valence-corrected chi connectivity index (χ4v) is 3.12. The van der Waals surface area contributed by atoms with Gasteiger partial charge in [-0.15, -0.1) is 11.3 Å². The fraction of sp³-hybridized carbons (Fsp3) is 0.167. The lowest BCUT2D eigenvalue weighted by molar-refractivity contribution is 0.0730. The zero-order valence-corrected chi connectivity index (χ0v) is 13.6. The number of hydrogen-bond donors (Lipinski definition) is 0. The minimum absolute atomic E-state index is 0.0574. The van der Waals surface area contributed by atoms with Gasteiger partial charge in [0.15, 0.2) is 0 Å². The summed E-state index contributed by atoms with van der Waals surface area (Å²) in [6, 6.07) is 13.5. The molecule has 0 unspecified atom stereocenters. The van der Waals surface area contributed by atoms with Crippen LogP contribution in [-0.2, 0) is 13.1 Å². The van der Waals surface area contributed by atoms with E-state index in [0.717, 1.165) is 16.2 Å². The topological polar surface area (TPSA) is 42.7 Å². The summed E-state index contributed by atoms with van der Waals surface area (Å²) in [5.41, 5.74) is 1.53. The maximum Gasteiger partial charge on any atom is 0.257 e. The maximum atomic E-state index is 12.8. The molecule has 2 heterocycles. The summed E-state index contributed by atoms with van der Waals surface area (Å²) in [5.74, 6) is 0.724. The van der Waals surface area contributed by atoms with Gasteiger partial charge in [-0.05, 0) is 23.6 Å². The lowest BCUT2D eigenvalue weighted by Gasteiger charge is -2.22. The van der Waals surface area contributed by atoms with Crippen molar-refractivity contribution in [3.05, 3.63) is 76.4 Å². The molecule has 0 aliphatic carbocycles. The molecule has 0 aliphatic rings. The number of carbonyl (C=O) groups is 1. The van der Waals surface area contributed by atoms with Gasteiger partial charge in [-0.25, -0.2) is 0 Å². The lowest BCUT2D eigenvalue weighted by atomic mass is 10.1. The van der Waals surface area contributed by atoms with Gasteiger partial charge in [0.1, 0.15) is 12.0 Å². The molecule has 0 fully saturated rings. The molecule has 0 saturated carbocycles. The van der Waals surface area contributed by atoms with E-state index in [9.17, 15) is 4.79 Å². The Labute approximate surface area is 138 Å². The molecule has 23 heavy (non-hydrogen) atoms. The van der Waals surface area contributed by atoms with Crippen LogP contribution in [0.1, 0.15) is 20.8 Å². The Bertz CT molecular complexity index is 750. The molecule has 3 aromatic rings. The molecule has 0 aliphatic heterocycles. The number of ether oxygens (including phenoxy) is 1. The van der Waals surface area contributed by atoms with E-state index in [1.54, 1.807) is 29.4 Å². The van der Waals surface area contributed by atoms with Gasteiger partial charge in [-0.3, -0.25) is 4.79 Å². The molecule has 0 N–H and O–H groups in total. The molecule has 118 valence electrons. The van der Waals surface area contributed by atoms with Gasteiger partial charge < -0.3 is 14.1 Å². The second-order valence-electron chi connectivity index (χ2n) is 5.06. The number of thiophene rings is 1.